The Bertz CT molecular complexity index is 477. The van der Waals surface area contributed by atoms with E-state index in [1.807, 2.05) is 19.2 Å². The van der Waals surface area contributed by atoms with Gasteiger partial charge in [-0.15, -0.1) is 11.3 Å². The normalized spacial score (nSPS) is 22.6. The summed E-state index contributed by atoms with van der Waals surface area (Å²) in [6.07, 6.45) is 2.92. The van der Waals surface area contributed by atoms with Crippen LogP contribution in [0.2, 0.25) is 4.34 Å². The highest BCUT2D eigenvalue weighted by Gasteiger charge is 2.25. The fraction of sp³-hybridized carbons (Fsp3) is 0.667. The van der Waals surface area contributed by atoms with E-state index in [4.69, 9.17) is 16.6 Å². The number of aliphatic imine (C=N–C) groups is 1. The van der Waals surface area contributed by atoms with E-state index in [2.05, 4.69) is 17.1 Å². The summed E-state index contributed by atoms with van der Waals surface area (Å²) in [5.41, 5.74) is 0. The Morgan fingerprint density at radius 3 is 2.90 bits per heavy atom. The lowest BCUT2D eigenvalue weighted by atomic mass is 10.1. The number of guanidine groups is 1. The molecule has 1 aliphatic rings. The van der Waals surface area contributed by atoms with Crippen LogP contribution in [0.3, 0.4) is 0 Å². The van der Waals surface area contributed by atoms with Crippen molar-refractivity contribution in [2.24, 2.45) is 10.9 Å². The molecule has 0 radical (unpaired) electrons. The quantitative estimate of drug-likeness (QED) is 0.645. The zero-order valence-corrected chi connectivity index (χ0v) is 14.3. The van der Waals surface area contributed by atoms with Crippen molar-refractivity contribution < 1.29 is 5.11 Å². The van der Waals surface area contributed by atoms with Gasteiger partial charge in [0, 0.05) is 30.9 Å². The lowest BCUT2D eigenvalue weighted by Crippen LogP contribution is -2.38. The van der Waals surface area contributed by atoms with E-state index in [9.17, 15) is 5.11 Å². The van der Waals surface area contributed by atoms with Gasteiger partial charge in [0.05, 0.1) is 17.0 Å². The third-order valence-electron chi connectivity index (χ3n) is 3.81. The monoisotopic (exact) mass is 329 g/mol. The number of nitrogens with zero attached hydrogens (tertiary/aromatic N) is 2. The molecule has 1 aromatic rings. The van der Waals surface area contributed by atoms with Crippen LogP contribution in [0.1, 0.15) is 31.1 Å². The van der Waals surface area contributed by atoms with Crippen LogP contribution in [0.15, 0.2) is 17.1 Å². The van der Waals surface area contributed by atoms with Crippen LogP contribution in [0, 0.1) is 5.92 Å². The predicted octanol–water partition coefficient (Wildman–Crippen LogP) is 2.96. The molecular weight excluding hydrogens is 306 g/mol. The van der Waals surface area contributed by atoms with Gasteiger partial charge in [-0.3, -0.25) is 4.99 Å². The summed E-state index contributed by atoms with van der Waals surface area (Å²) in [4.78, 5) is 8.01. The molecule has 2 N–H and O–H groups in total. The van der Waals surface area contributed by atoms with E-state index < -0.39 is 0 Å². The first-order valence-electron chi connectivity index (χ1n) is 7.52. The highest BCUT2D eigenvalue weighted by atomic mass is 35.5. The molecule has 1 aliphatic carbocycles. The van der Waals surface area contributed by atoms with E-state index in [1.165, 1.54) is 4.88 Å². The maximum Gasteiger partial charge on any atom is 0.193 e. The molecule has 4 nitrogen and oxygen atoms in total. The summed E-state index contributed by atoms with van der Waals surface area (Å²) in [5, 5.41) is 13.2. The molecular formula is C15H24ClN3OS. The van der Waals surface area contributed by atoms with Crippen LogP contribution in [0.4, 0.5) is 0 Å². The van der Waals surface area contributed by atoms with Gasteiger partial charge in [0.1, 0.15) is 0 Å². The molecule has 1 heterocycles. The summed E-state index contributed by atoms with van der Waals surface area (Å²) in [7, 11) is 2.03. The summed E-state index contributed by atoms with van der Waals surface area (Å²) >= 11 is 7.57. The fourth-order valence-electron chi connectivity index (χ4n) is 2.65. The topological polar surface area (TPSA) is 47.9 Å². The van der Waals surface area contributed by atoms with Crippen molar-refractivity contribution in [3.63, 3.8) is 0 Å². The zero-order valence-electron chi connectivity index (χ0n) is 12.7. The number of rotatable bonds is 5. The van der Waals surface area contributed by atoms with E-state index in [1.54, 1.807) is 11.3 Å². The number of hydrogen-bond donors (Lipinski definition) is 2. The van der Waals surface area contributed by atoms with Gasteiger partial charge in [0.2, 0.25) is 0 Å². The van der Waals surface area contributed by atoms with Gasteiger partial charge in [-0.2, -0.15) is 0 Å². The van der Waals surface area contributed by atoms with Crippen molar-refractivity contribution in [3.05, 3.63) is 21.3 Å². The first-order chi connectivity index (χ1) is 10.1. The van der Waals surface area contributed by atoms with Crippen molar-refractivity contribution in [2.45, 2.75) is 38.8 Å². The van der Waals surface area contributed by atoms with Gasteiger partial charge in [-0.1, -0.05) is 18.0 Å². The number of hydrogen-bond acceptors (Lipinski definition) is 3. The molecule has 2 atom stereocenters. The Balaban J connectivity index is 1.95. The lowest BCUT2D eigenvalue weighted by molar-refractivity contribution is 0.136. The van der Waals surface area contributed by atoms with E-state index in [0.717, 1.165) is 42.6 Å². The molecule has 2 unspecified atom stereocenters. The number of aliphatic hydroxyl groups is 1. The van der Waals surface area contributed by atoms with Gasteiger partial charge in [0.25, 0.3) is 0 Å². The molecule has 21 heavy (non-hydrogen) atoms. The van der Waals surface area contributed by atoms with Gasteiger partial charge >= 0.3 is 0 Å². The predicted molar refractivity (Wildman–Crippen MR) is 90.1 cm³/mol. The van der Waals surface area contributed by atoms with Gasteiger partial charge < -0.3 is 15.3 Å². The first kappa shape index (κ1) is 16.6. The standard InChI is InChI=1S/C15H24ClN3OS/c1-3-17-15(18-9-11-5-4-6-13(11)20)19(2)10-12-7-8-14(16)21-12/h7-8,11,13,20H,3-6,9-10H2,1-2H3,(H,17,18). The minimum Gasteiger partial charge on any atom is -0.393 e. The van der Waals surface area contributed by atoms with Crippen LogP contribution in [-0.4, -0.2) is 42.2 Å². The second-order valence-electron chi connectivity index (χ2n) is 5.51. The van der Waals surface area contributed by atoms with Crippen molar-refractivity contribution in [1.29, 1.82) is 0 Å². The highest BCUT2D eigenvalue weighted by molar-refractivity contribution is 7.16. The Morgan fingerprint density at radius 1 is 1.52 bits per heavy atom. The molecule has 0 aromatic carbocycles. The number of halogens is 1. The minimum atomic E-state index is -0.182. The second-order valence-corrected chi connectivity index (χ2v) is 7.31. The van der Waals surface area contributed by atoms with Crippen LogP contribution >= 0.6 is 22.9 Å². The van der Waals surface area contributed by atoms with E-state index >= 15 is 0 Å². The molecule has 0 aliphatic heterocycles. The number of nitrogens with one attached hydrogen (secondary N) is 1. The lowest BCUT2D eigenvalue weighted by Gasteiger charge is -2.22. The smallest absolute Gasteiger partial charge is 0.193 e. The van der Waals surface area contributed by atoms with Crippen molar-refractivity contribution in [1.82, 2.24) is 10.2 Å². The Hall–Kier alpha value is -0.780. The third kappa shape index (κ3) is 4.87. The maximum atomic E-state index is 9.89. The molecule has 1 fully saturated rings. The summed E-state index contributed by atoms with van der Waals surface area (Å²) in [6, 6.07) is 3.97. The summed E-state index contributed by atoms with van der Waals surface area (Å²) in [5.74, 6) is 1.20. The Morgan fingerprint density at radius 2 is 2.33 bits per heavy atom. The van der Waals surface area contributed by atoms with Crippen molar-refractivity contribution in [2.75, 3.05) is 20.1 Å². The number of thiophene rings is 1. The third-order valence-corrected chi connectivity index (χ3v) is 5.03. The van der Waals surface area contributed by atoms with Crippen LogP contribution in [0.25, 0.3) is 0 Å². The average Bonchev–Trinajstić information content (AvgIpc) is 3.03. The minimum absolute atomic E-state index is 0.182. The fourth-order valence-corrected chi connectivity index (χ4v) is 3.79. The molecule has 118 valence electrons. The molecule has 1 saturated carbocycles. The van der Waals surface area contributed by atoms with E-state index in [0.29, 0.717) is 12.5 Å². The van der Waals surface area contributed by atoms with Crippen molar-refractivity contribution in [3.8, 4) is 0 Å². The number of aliphatic hydroxyl groups excluding tert-OH is 1. The van der Waals surface area contributed by atoms with E-state index in [-0.39, 0.29) is 6.10 Å². The molecule has 6 heteroatoms. The molecule has 0 spiro atoms. The average molecular weight is 330 g/mol. The molecule has 1 aromatic heterocycles. The SMILES string of the molecule is CCNC(=NCC1CCCC1O)N(C)Cc1ccc(Cl)s1. The Labute approximate surface area is 135 Å². The summed E-state index contributed by atoms with van der Waals surface area (Å²) < 4.78 is 0.814. The van der Waals surface area contributed by atoms with Crippen LogP contribution < -0.4 is 5.32 Å². The van der Waals surface area contributed by atoms with Crippen molar-refractivity contribution >= 4 is 28.9 Å². The Kier molecular flexibility index (Phi) is 6.33. The molecule has 0 saturated heterocycles. The first-order valence-corrected chi connectivity index (χ1v) is 8.71. The van der Waals surface area contributed by atoms with Gasteiger partial charge in [-0.05, 0) is 31.9 Å². The van der Waals surface area contributed by atoms with Gasteiger partial charge in [-0.25, -0.2) is 0 Å². The van der Waals surface area contributed by atoms with Gasteiger partial charge in [0.15, 0.2) is 5.96 Å². The zero-order chi connectivity index (χ0) is 15.2. The molecule has 0 bridgehead atoms. The largest absolute Gasteiger partial charge is 0.393 e. The highest BCUT2D eigenvalue weighted by Crippen LogP contribution is 2.26. The van der Waals surface area contributed by atoms with Crippen LogP contribution in [0.5, 0.6) is 0 Å². The van der Waals surface area contributed by atoms with Crippen LogP contribution in [-0.2, 0) is 6.54 Å². The second kappa shape index (κ2) is 8.01. The molecule has 2 rings (SSSR count). The maximum absolute atomic E-state index is 9.89. The summed E-state index contributed by atoms with van der Waals surface area (Å²) in [6.45, 7) is 4.38. The molecule has 0 amide bonds.